The van der Waals surface area contributed by atoms with Gasteiger partial charge in [-0.25, -0.2) is 4.79 Å². The number of likely N-dealkylation sites (N-methyl/N-ethyl adjacent to an activating group) is 1. The van der Waals surface area contributed by atoms with Crippen LogP contribution in [-0.4, -0.2) is 79.3 Å². The summed E-state index contributed by atoms with van der Waals surface area (Å²) in [6.45, 7) is 6.86. The molecule has 0 bridgehead atoms. The van der Waals surface area contributed by atoms with Gasteiger partial charge in [0.05, 0.1) is 17.4 Å². The van der Waals surface area contributed by atoms with Crippen LogP contribution in [0, 0.1) is 0 Å². The number of urea groups is 1. The van der Waals surface area contributed by atoms with Crippen LogP contribution in [0.1, 0.15) is 36.2 Å². The lowest BCUT2D eigenvalue weighted by Gasteiger charge is -2.29. The van der Waals surface area contributed by atoms with Crippen LogP contribution >= 0.6 is 0 Å². The van der Waals surface area contributed by atoms with Gasteiger partial charge < -0.3 is 25.0 Å². The van der Waals surface area contributed by atoms with Gasteiger partial charge in [0.15, 0.2) is 0 Å². The highest BCUT2D eigenvalue weighted by atomic mass is 16.5. The first-order chi connectivity index (χ1) is 19.3. The van der Waals surface area contributed by atoms with Crippen molar-refractivity contribution in [3.05, 3.63) is 78.0 Å². The van der Waals surface area contributed by atoms with E-state index in [1.54, 1.807) is 43.5 Å². The molecule has 2 aromatic carbocycles. The molecule has 2 heterocycles. The molecule has 0 saturated heterocycles. The molecule has 1 aromatic heterocycles. The maximum atomic E-state index is 13.4. The fraction of sp³-hybridized carbons (Fsp3) is 0.387. The van der Waals surface area contributed by atoms with E-state index in [-0.39, 0.29) is 24.1 Å². The zero-order valence-electron chi connectivity index (χ0n) is 23.7. The number of fused-ring (bicyclic) bond motifs is 1. The van der Waals surface area contributed by atoms with E-state index in [1.807, 2.05) is 32.0 Å². The lowest BCUT2D eigenvalue weighted by molar-refractivity contribution is 0.0435. The van der Waals surface area contributed by atoms with Gasteiger partial charge in [0.1, 0.15) is 12.4 Å². The van der Waals surface area contributed by atoms with Crippen LogP contribution in [0.4, 0.5) is 10.5 Å². The molecule has 3 amide bonds. The van der Waals surface area contributed by atoms with Crippen molar-refractivity contribution in [1.82, 2.24) is 20.1 Å². The predicted molar refractivity (Wildman–Crippen MR) is 157 cm³/mol. The summed E-state index contributed by atoms with van der Waals surface area (Å²) in [6.07, 6.45) is 2.45. The minimum absolute atomic E-state index is 0.00637. The number of nitrogens with one attached hydrogen (secondary N) is 2. The van der Waals surface area contributed by atoms with Gasteiger partial charge in [0.25, 0.3) is 5.91 Å². The van der Waals surface area contributed by atoms with E-state index in [2.05, 4.69) is 44.8 Å². The molecule has 0 saturated carbocycles. The molecular formula is C31H39N5O4. The van der Waals surface area contributed by atoms with Crippen molar-refractivity contribution in [3.8, 4) is 17.0 Å². The zero-order valence-corrected chi connectivity index (χ0v) is 23.7. The molecular weight excluding hydrogens is 506 g/mol. The van der Waals surface area contributed by atoms with Crippen molar-refractivity contribution in [3.63, 3.8) is 0 Å². The highest BCUT2D eigenvalue weighted by Crippen LogP contribution is 2.26. The van der Waals surface area contributed by atoms with E-state index >= 15 is 0 Å². The smallest absolute Gasteiger partial charge is 0.319 e. The number of benzene rings is 2. The third-order valence-corrected chi connectivity index (χ3v) is 6.80. The fourth-order valence-corrected chi connectivity index (χ4v) is 4.66. The highest BCUT2D eigenvalue weighted by molar-refractivity contribution is 5.99. The Kier molecular flexibility index (Phi) is 10.1. The Bertz CT molecular complexity index is 1270. The molecule has 0 fully saturated rings. The number of ether oxygens (including phenoxy) is 2. The molecule has 0 aliphatic carbocycles. The molecule has 9 nitrogen and oxygen atoms in total. The molecule has 9 heteroatoms. The highest BCUT2D eigenvalue weighted by Gasteiger charge is 2.23. The van der Waals surface area contributed by atoms with Crippen molar-refractivity contribution in [1.29, 1.82) is 0 Å². The summed E-state index contributed by atoms with van der Waals surface area (Å²) in [5.74, 6) is 0.302. The Labute approximate surface area is 236 Å². The second kappa shape index (κ2) is 13.9. The maximum Gasteiger partial charge on any atom is 0.319 e. The van der Waals surface area contributed by atoms with Crippen molar-refractivity contribution < 1.29 is 19.1 Å². The monoisotopic (exact) mass is 545 g/mol. The zero-order chi connectivity index (χ0) is 28.5. The van der Waals surface area contributed by atoms with Crippen LogP contribution in [0.2, 0.25) is 0 Å². The Morgan fingerprint density at radius 3 is 2.62 bits per heavy atom. The quantitative estimate of drug-likeness (QED) is 0.468. The Hall–Kier alpha value is -3.95. The van der Waals surface area contributed by atoms with Gasteiger partial charge in [0.2, 0.25) is 0 Å². The van der Waals surface area contributed by atoms with Gasteiger partial charge in [0, 0.05) is 63.8 Å². The largest absolute Gasteiger partial charge is 0.491 e. The number of anilines is 1. The maximum absolute atomic E-state index is 13.4. The molecule has 2 N–H and O–H groups in total. The van der Waals surface area contributed by atoms with E-state index in [9.17, 15) is 9.59 Å². The van der Waals surface area contributed by atoms with Crippen LogP contribution < -0.4 is 15.4 Å². The SMILES string of the molecule is COC1CCN(Cc2ccc(-c3ccccn3)cc2)CCOc2ccc(NC(=O)NC(C)C)cc2C(=O)N(C)C1. The van der Waals surface area contributed by atoms with E-state index in [4.69, 9.17) is 9.47 Å². The lowest BCUT2D eigenvalue weighted by Crippen LogP contribution is -2.39. The average molecular weight is 546 g/mol. The summed E-state index contributed by atoms with van der Waals surface area (Å²) >= 11 is 0. The van der Waals surface area contributed by atoms with E-state index in [1.165, 1.54) is 5.56 Å². The molecule has 0 spiro atoms. The third kappa shape index (κ3) is 8.03. The normalized spacial score (nSPS) is 16.9. The average Bonchev–Trinajstić information content (AvgIpc) is 2.95. The van der Waals surface area contributed by atoms with E-state index in [0.717, 1.165) is 30.8 Å². The molecule has 1 aliphatic heterocycles. The molecule has 4 rings (SSSR count). The second-order valence-corrected chi connectivity index (χ2v) is 10.3. The summed E-state index contributed by atoms with van der Waals surface area (Å²) in [6, 6.07) is 19.2. The predicted octanol–water partition coefficient (Wildman–Crippen LogP) is 4.65. The van der Waals surface area contributed by atoms with Crippen molar-refractivity contribution in [2.45, 2.75) is 39.0 Å². The van der Waals surface area contributed by atoms with Crippen LogP contribution in [0.3, 0.4) is 0 Å². The molecule has 1 atom stereocenters. The minimum Gasteiger partial charge on any atom is -0.491 e. The van der Waals surface area contributed by atoms with E-state index < -0.39 is 0 Å². The van der Waals surface area contributed by atoms with Crippen molar-refractivity contribution in [2.24, 2.45) is 0 Å². The van der Waals surface area contributed by atoms with Gasteiger partial charge in [-0.2, -0.15) is 0 Å². The van der Waals surface area contributed by atoms with Gasteiger partial charge in [-0.1, -0.05) is 30.3 Å². The number of amides is 3. The van der Waals surface area contributed by atoms with Gasteiger partial charge in [-0.15, -0.1) is 0 Å². The second-order valence-electron chi connectivity index (χ2n) is 10.3. The molecule has 1 unspecified atom stereocenters. The summed E-state index contributed by atoms with van der Waals surface area (Å²) in [5, 5.41) is 5.60. The van der Waals surface area contributed by atoms with Gasteiger partial charge >= 0.3 is 6.03 Å². The topological polar surface area (TPSA) is 96.0 Å². The summed E-state index contributed by atoms with van der Waals surface area (Å²) < 4.78 is 11.9. The Balaban J connectivity index is 1.50. The first-order valence-electron chi connectivity index (χ1n) is 13.7. The van der Waals surface area contributed by atoms with Crippen molar-refractivity contribution >= 4 is 17.6 Å². The Morgan fingerprint density at radius 2 is 1.93 bits per heavy atom. The first kappa shape index (κ1) is 29.0. The third-order valence-electron chi connectivity index (χ3n) is 6.80. The first-order valence-corrected chi connectivity index (χ1v) is 13.7. The fourth-order valence-electron chi connectivity index (χ4n) is 4.66. The number of methoxy groups -OCH3 is 1. The number of hydrogen-bond acceptors (Lipinski definition) is 6. The Morgan fingerprint density at radius 1 is 1.12 bits per heavy atom. The lowest BCUT2D eigenvalue weighted by atomic mass is 10.1. The van der Waals surface area contributed by atoms with E-state index in [0.29, 0.717) is 36.7 Å². The number of aromatic nitrogens is 1. The van der Waals surface area contributed by atoms with Crippen LogP contribution in [-0.2, 0) is 11.3 Å². The molecule has 1 aliphatic rings. The van der Waals surface area contributed by atoms with Crippen molar-refractivity contribution in [2.75, 3.05) is 45.7 Å². The number of rotatable bonds is 6. The molecule has 212 valence electrons. The number of carbonyl (C=O) groups excluding carboxylic acids is 2. The molecule has 0 radical (unpaired) electrons. The molecule has 40 heavy (non-hydrogen) atoms. The van der Waals surface area contributed by atoms with Crippen LogP contribution in [0.5, 0.6) is 5.75 Å². The van der Waals surface area contributed by atoms with Crippen LogP contribution in [0.15, 0.2) is 66.9 Å². The summed E-state index contributed by atoms with van der Waals surface area (Å²) in [4.78, 5) is 34.1. The number of pyridine rings is 1. The molecule has 3 aromatic rings. The standard InChI is InChI=1S/C31H39N5O4/c1-22(2)33-31(38)34-25-12-13-29-27(19-25)30(37)35(3)21-26(39-4)14-16-36(17-18-40-29)20-23-8-10-24(11-9-23)28-7-5-6-15-32-28/h5-13,15,19,22,26H,14,16-18,20-21H2,1-4H3,(H2,33,34,38). The minimum atomic E-state index is -0.326. The summed E-state index contributed by atoms with van der Waals surface area (Å²) in [7, 11) is 3.44. The summed E-state index contributed by atoms with van der Waals surface area (Å²) in [5.41, 5.74) is 4.16. The number of carbonyl (C=O) groups is 2. The van der Waals surface area contributed by atoms with Gasteiger partial charge in [-0.05, 0) is 56.2 Å². The number of hydrogen-bond donors (Lipinski definition) is 2. The number of nitrogens with zero attached hydrogens (tertiary/aromatic N) is 3. The van der Waals surface area contributed by atoms with Gasteiger partial charge in [-0.3, -0.25) is 14.7 Å². The van der Waals surface area contributed by atoms with Crippen LogP contribution in [0.25, 0.3) is 11.3 Å².